The highest BCUT2D eigenvalue weighted by atomic mass is 19.1. The van der Waals surface area contributed by atoms with Crippen molar-refractivity contribution in [2.75, 3.05) is 0 Å². The molecule has 0 spiro atoms. The smallest absolute Gasteiger partial charge is 0.304 e. The number of aryl methyl sites for hydroxylation is 1. The van der Waals surface area contributed by atoms with Crippen molar-refractivity contribution < 1.29 is 14.3 Å². The van der Waals surface area contributed by atoms with Crippen LogP contribution in [0.15, 0.2) is 18.2 Å². The third-order valence-corrected chi connectivity index (χ3v) is 4.42. The Kier molecular flexibility index (Phi) is 3.47. The van der Waals surface area contributed by atoms with Gasteiger partial charge in [0.1, 0.15) is 5.82 Å². The molecule has 0 amide bonds. The van der Waals surface area contributed by atoms with E-state index in [0.717, 1.165) is 41.4 Å². The first kappa shape index (κ1) is 14.1. The zero-order valence-corrected chi connectivity index (χ0v) is 12.4. The topological polar surface area (TPSA) is 42.2 Å². The Hall–Kier alpha value is -1.84. The number of aliphatic carboxylic acids is 1. The van der Waals surface area contributed by atoms with Gasteiger partial charge in [-0.25, -0.2) is 4.39 Å². The minimum Gasteiger partial charge on any atom is -0.481 e. The molecule has 1 N–H and O–H groups in total. The molecule has 0 saturated carbocycles. The highest BCUT2D eigenvalue weighted by Crippen LogP contribution is 2.41. The van der Waals surface area contributed by atoms with E-state index in [9.17, 15) is 14.3 Å². The number of carbonyl (C=O) groups is 1. The molecule has 1 aromatic heterocycles. The van der Waals surface area contributed by atoms with E-state index in [1.54, 1.807) is 6.07 Å². The fourth-order valence-electron chi connectivity index (χ4n) is 3.71. The van der Waals surface area contributed by atoms with Crippen molar-refractivity contribution in [2.24, 2.45) is 0 Å². The number of aromatic nitrogens is 1. The van der Waals surface area contributed by atoms with Crippen molar-refractivity contribution in [3.63, 3.8) is 0 Å². The van der Waals surface area contributed by atoms with Crippen molar-refractivity contribution >= 4 is 16.9 Å². The number of fused-ring (bicyclic) bond motifs is 3. The number of hydrogen-bond donors (Lipinski definition) is 1. The maximum absolute atomic E-state index is 13.6. The molecule has 1 heterocycles. The van der Waals surface area contributed by atoms with Crippen LogP contribution in [0.25, 0.3) is 10.9 Å². The Bertz CT molecular complexity index is 702. The van der Waals surface area contributed by atoms with Crippen LogP contribution in [0.3, 0.4) is 0 Å². The second kappa shape index (κ2) is 5.17. The maximum atomic E-state index is 13.6. The fraction of sp³-hybridized carbons (Fsp3) is 0.471. The van der Waals surface area contributed by atoms with Gasteiger partial charge in [0.25, 0.3) is 0 Å². The summed E-state index contributed by atoms with van der Waals surface area (Å²) in [5, 5.41) is 10.1. The van der Waals surface area contributed by atoms with Gasteiger partial charge < -0.3 is 9.67 Å². The molecule has 1 atom stereocenters. The van der Waals surface area contributed by atoms with Crippen molar-refractivity contribution in [1.29, 1.82) is 0 Å². The van der Waals surface area contributed by atoms with Gasteiger partial charge in [0.2, 0.25) is 0 Å². The molecule has 0 fully saturated rings. The number of carboxylic acids is 1. The summed E-state index contributed by atoms with van der Waals surface area (Å²) < 4.78 is 15.8. The Labute approximate surface area is 123 Å². The number of hydrogen-bond acceptors (Lipinski definition) is 1. The Balaban J connectivity index is 2.27. The summed E-state index contributed by atoms with van der Waals surface area (Å²) in [5.74, 6) is -0.963. The van der Waals surface area contributed by atoms with Crippen LogP contribution in [0.4, 0.5) is 4.39 Å². The molecule has 3 nitrogen and oxygen atoms in total. The minimum absolute atomic E-state index is 0.0316. The van der Waals surface area contributed by atoms with Gasteiger partial charge in [-0.3, -0.25) is 4.79 Å². The van der Waals surface area contributed by atoms with Gasteiger partial charge >= 0.3 is 5.97 Å². The number of halogens is 1. The summed E-state index contributed by atoms with van der Waals surface area (Å²) in [6, 6.07) is 5.13. The second-order valence-corrected chi connectivity index (χ2v) is 6.18. The monoisotopic (exact) mass is 289 g/mol. The molecule has 3 rings (SSSR count). The van der Waals surface area contributed by atoms with Gasteiger partial charge in [0, 0.05) is 28.6 Å². The molecule has 2 aromatic rings. The Morgan fingerprint density at radius 3 is 2.90 bits per heavy atom. The first-order valence-electron chi connectivity index (χ1n) is 7.53. The van der Waals surface area contributed by atoms with Crippen molar-refractivity contribution in [3.05, 3.63) is 35.3 Å². The van der Waals surface area contributed by atoms with Crippen LogP contribution >= 0.6 is 0 Å². The lowest BCUT2D eigenvalue weighted by atomic mass is 9.84. The van der Waals surface area contributed by atoms with E-state index in [2.05, 4.69) is 18.4 Å². The highest BCUT2D eigenvalue weighted by Gasteiger charge is 2.29. The van der Waals surface area contributed by atoms with Crippen LogP contribution in [0.1, 0.15) is 56.3 Å². The summed E-state index contributed by atoms with van der Waals surface area (Å²) in [5.41, 5.74) is 3.28. The lowest BCUT2D eigenvalue weighted by Gasteiger charge is -2.26. The van der Waals surface area contributed by atoms with Gasteiger partial charge in [0.05, 0.1) is 6.42 Å². The van der Waals surface area contributed by atoms with Crippen molar-refractivity contribution in [1.82, 2.24) is 4.57 Å². The van der Waals surface area contributed by atoms with Gasteiger partial charge in [-0.1, -0.05) is 0 Å². The van der Waals surface area contributed by atoms with E-state index in [-0.39, 0.29) is 24.2 Å². The van der Waals surface area contributed by atoms with Gasteiger partial charge in [-0.2, -0.15) is 0 Å². The summed E-state index contributed by atoms with van der Waals surface area (Å²) in [6.07, 6.45) is 2.92. The molecule has 4 heteroatoms. The number of rotatable bonds is 3. The van der Waals surface area contributed by atoms with E-state index in [0.29, 0.717) is 0 Å². The summed E-state index contributed by atoms with van der Waals surface area (Å²) in [7, 11) is 0. The first-order chi connectivity index (χ1) is 9.99. The Morgan fingerprint density at radius 1 is 1.48 bits per heavy atom. The molecule has 1 unspecified atom stereocenters. The molecule has 21 heavy (non-hydrogen) atoms. The van der Waals surface area contributed by atoms with Crippen LogP contribution < -0.4 is 0 Å². The lowest BCUT2D eigenvalue weighted by molar-refractivity contribution is -0.137. The summed E-state index contributed by atoms with van der Waals surface area (Å²) in [6.45, 7) is 4.19. The molecular formula is C17H20FNO2. The van der Waals surface area contributed by atoms with Crippen LogP contribution in [-0.2, 0) is 11.2 Å². The molecular weight excluding hydrogens is 269 g/mol. The van der Waals surface area contributed by atoms with Crippen LogP contribution in [-0.4, -0.2) is 15.6 Å². The normalized spacial score (nSPS) is 18.2. The van der Waals surface area contributed by atoms with Crippen LogP contribution in [0.5, 0.6) is 0 Å². The zero-order chi connectivity index (χ0) is 15.1. The molecule has 0 saturated heterocycles. The van der Waals surface area contributed by atoms with Gasteiger partial charge in [0.15, 0.2) is 0 Å². The average molecular weight is 289 g/mol. The molecule has 0 radical (unpaired) electrons. The van der Waals surface area contributed by atoms with E-state index in [1.807, 2.05) is 6.07 Å². The first-order valence-corrected chi connectivity index (χ1v) is 7.53. The predicted molar refractivity (Wildman–Crippen MR) is 80.2 cm³/mol. The average Bonchev–Trinajstić information content (AvgIpc) is 2.73. The minimum atomic E-state index is -0.764. The van der Waals surface area contributed by atoms with E-state index in [4.69, 9.17) is 0 Å². The SMILES string of the molecule is CC(C)n1c2c(c3cc(F)ccc31)CCCC2CC(=O)O. The van der Waals surface area contributed by atoms with E-state index < -0.39 is 5.97 Å². The molecule has 0 aliphatic heterocycles. The van der Waals surface area contributed by atoms with Gasteiger partial charge in [-0.15, -0.1) is 0 Å². The standard InChI is InChI=1S/C17H20FNO2/c1-10(2)19-15-7-6-12(18)9-14(15)13-5-3-4-11(17(13)19)8-16(20)21/h6-7,9-11H,3-5,8H2,1-2H3,(H,20,21). The van der Waals surface area contributed by atoms with E-state index >= 15 is 0 Å². The number of benzene rings is 1. The molecule has 1 aliphatic carbocycles. The number of carboxylic acid groups (broad SMARTS) is 1. The lowest BCUT2D eigenvalue weighted by Crippen LogP contribution is -2.18. The van der Waals surface area contributed by atoms with Gasteiger partial charge in [-0.05, 0) is 56.9 Å². The van der Waals surface area contributed by atoms with Crippen molar-refractivity contribution in [2.45, 2.75) is 51.5 Å². The third-order valence-electron chi connectivity index (χ3n) is 4.42. The second-order valence-electron chi connectivity index (χ2n) is 6.18. The molecule has 1 aromatic carbocycles. The predicted octanol–water partition coefficient (Wildman–Crippen LogP) is 4.26. The Morgan fingerprint density at radius 2 is 2.24 bits per heavy atom. The number of nitrogens with zero attached hydrogens (tertiary/aromatic N) is 1. The summed E-state index contributed by atoms with van der Waals surface area (Å²) >= 11 is 0. The fourth-order valence-corrected chi connectivity index (χ4v) is 3.71. The van der Waals surface area contributed by atoms with Crippen LogP contribution in [0.2, 0.25) is 0 Å². The highest BCUT2D eigenvalue weighted by molar-refractivity contribution is 5.86. The zero-order valence-electron chi connectivity index (χ0n) is 12.4. The maximum Gasteiger partial charge on any atom is 0.304 e. The molecule has 112 valence electrons. The molecule has 1 aliphatic rings. The molecule has 0 bridgehead atoms. The summed E-state index contributed by atoms with van der Waals surface area (Å²) in [4.78, 5) is 11.2. The van der Waals surface area contributed by atoms with Crippen LogP contribution in [0, 0.1) is 5.82 Å². The largest absolute Gasteiger partial charge is 0.481 e. The van der Waals surface area contributed by atoms with E-state index in [1.165, 1.54) is 6.07 Å². The van der Waals surface area contributed by atoms with Crippen molar-refractivity contribution in [3.8, 4) is 0 Å². The third kappa shape index (κ3) is 2.33. The quantitative estimate of drug-likeness (QED) is 0.917.